The molecule has 0 atom stereocenters. The highest BCUT2D eigenvalue weighted by molar-refractivity contribution is 5.85. The number of carbonyl (C=O) groups is 1. The van der Waals surface area contributed by atoms with Crippen LogP contribution in [0.15, 0.2) is 30.7 Å². The highest BCUT2D eigenvalue weighted by atomic mass is 16.5. The molecule has 0 bridgehead atoms. The number of hydrogen-bond acceptors (Lipinski definition) is 6. The number of pyridine rings is 1. The van der Waals surface area contributed by atoms with Gasteiger partial charge in [0, 0.05) is 18.8 Å². The first-order chi connectivity index (χ1) is 9.19. The standard InChI is InChI=1S/C12H12N4O3/c1-19-11-3-2-8(5-15-11)4-14-10-7-13-6-9(16-10)12(17)18/h2-3,5-7H,4H2,1H3,(H,14,16)(H,17,18). The van der Waals surface area contributed by atoms with Crippen molar-refractivity contribution in [2.45, 2.75) is 6.54 Å². The maximum Gasteiger partial charge on any atom is 0.356 e. The Hall–Kier alpha value is -2.70. The summed E-state index contributed by atoms with van der Waals surface area (Å²) in [6.45, 7) is 0.467. The van der Waals surface area contributed by atoms with Crippen LogP contribution < -0.4 is 10.1 Å². The molecule has 0 fully saturated rings. The molecule has 2 aromatic heterocycles. The van der Waals surface area contributed by atoms with Gasteiger partial charge in [-0.1, -0.05) is 6.07 Å². The van der Waals surface area contributed by atoms with Gasteiger partial charge in [-0.25, -0.2) is 14.8 Å². The van der Waals surface area contributed by atoms with Crippen molar-refractivity contribution in [3.8, 4) is 5.88 Å². The van der Waals surface area contributed by atoms with Crippen LogP contribution in [0.3, 0.4) is 0 Å². The second-order valence-electron chi connectivity index (χ2n) is 3.66. The molecule has 0 amide bonds. The number of rotatable bonds is 5. The summed E-state index contributed by atoms with van der Waals surface area (Å²) in [5, 5.41) is 11.8. The fourth-order valence-corrected chi connectivity index (χ4v) is 1.38. The van der Waals surface area contributed by atoms with Crippen LogP contribution in [0.5, 0.6) is 5.88 Å². The van der Waals surface area contributed by atoms with Crippen molar-refractivity contribution in [3.05, 3.63) is 42.0 Å². The smallest absolute Gasteiger partial charge is 0.356 e. The Kier molecular flexibility index (Phi) is 3.87. The van der Waals surface area contributed by atoms with Crippen molar-refractivity contribution < 1.29 is 14.6 Å². The summed E-state index contributed by atoms with van der Waals surface area (Å²) in [6, 6.07) is 3.60. The Morgan fingerprint density at radius 2 is 2.21 bits per heavy atom. The zero-order chi connectivity index (χ0) is 13.7. The van der Waals surface area contributed by atoms with Crippen molar-refractivity contribution in [1.29, 1.82) is 0 Å². The number of anilines is 1. The number of aromatic nitrogens is 3. The van der Waals surface area contributed by atoms with Crippen molar-refractivity contribution >= 4 is 11.8 Å². The van der Waals surface area contributed by atoms with E-state index in [1.54, 1.807) is 19.4 Å². The van der Waals surface area contributed by atoms with Crippen LogP contribution in [0.2, 0.25) is 0 Å². The molecule has 0 unspecified atom stereocenters. The monoisotopic (exact) mass is 260 g/mol. The topological polar surface area (TPSA) is 97.2 Å². The summed E-state index contributed by atoms with van der Waals surface area (Å²) < 4.78 is 4.95. The van der Waals surface area contributed by atoms with E-state index in [4.69, 9.17) is 9.84 Å². The summed E-state index contributed by atoms with van der Waals surface area (Å²) in [6.07, 6.45) is 4.33. The summed E-state index contributed by atoms with van der Waals surface area (Å²) in [5.74, 6) is -0.172. The highest BCUT2D eigenvalue weighted by Crippen LogP contribution is 2.09. The molecule has 2 heterocycles. The molecule has 98 valence electrons. The van der Waals surface area contributed by atoms with Crippen molar-refractivity contribution in [2.75, 3.05) is 12.4 Å². The number of nitrogens with one attached hydrogen (secondary N) is 1. The average molecular weight is 260 g/mol. The van der Waals surface area contributed by atoms with E-state index in [9.17, 15) is 4.79 Å². The molecule has 2 aromatic rings. The minimum atomic E-state index is -1.11. The molecule has 0 aliphatic carbocycles. The largest absolute Gasteiger partial charge is 0.481 e. The molecule has 0 aliphatic rings. The van der Waals surface area contributed by atoms with Crippen LogP contribution in [-0.4, -0.2) is 33.1 Å². The lowest BCUT2D eigenvalue weighted by atomic mass is 10.3. The first-order valence-corrected chi connectivity index (χ1v) is 5.47. The lowest BCUT2D eigenvalue weighted by Crippen LogP contribution is -2.07. The Morgan fingerprint density at radius 3 is 2.84 bits per heavy atom. The Bertz CT molecular complexity index is 571. The van der Waals surface area contributed by atoms with Gasteiger partial charge in [0.05, 0.1) is 19.5 Å². The second kappa shape index (κ2) is 5.76. The molecule has 0 aliphatic heterocycles. The van der Waals surface area contributed by atoms with Crippen LogP contribution in [0.1, 0.15) is 16.1 Å². The molecular formula is C12H12N4O3. The average Bonchev–Trinajstić information content (AvgIpc) is 2.46. The first-order valence-electron chi connectivity index (χ1n) is 5.47. The number of carboxylic acid groups (broad SMARTS) is 1. The molecule has 0 radical (unpaired) electrons. The predicted molar refractivity (Wildman–Crippen MR) is 67.1 cm³/mol. The van der Waals surface area contributed by atoms with E-state index in [2.05, 4.69) is 20.3 Å². The van der Waals surface area contributed by atoms with Gasteiger partial charge in [0.2, 0.25) is 5.88 Å². The lowest BCUT2D eigenvalue weighted by molar-refractivity contribution is 0.0690. The second-order valence-corrected chi connectivity index (χ2v) is 3.66. The van der Waals surface area contributed by atoms with Gasteiger partial charge in [0.15, 0.2) is 5.69 Å². The van der Waals surface area contributed by atoms with Gasteiger partial charge >= 0.3 is 5.97 Å². The van der Waals surface area contributed by atoms with Gasteiger partial charge in [-0.2, -0.15) is 0 Å². The van der Waals surface area contributed by atoms with Gasteiger partial charge in [0.25, 0.3) is 0 Å². The number of carboxylic acids is 1. The van der Waals surface area contributed by atoms with E-state index >= 15 is 0 Å². The number of methoxy groups -OCH3 is 1. The third-order valence-corrected chi connectivity index (χ3v) is 2.33. The van der Waals surface area contributed by atoms with Gasteiger partial charge in [-0.05, 0) is 5.56 Å². The van der Waals surface area contributed by atoms with Gasteiger partial charge < -0.3 is 15.2 Å². The predicted octanol–water partition coefficient (Wildman–Crippen LogP) is 1.19. The molecule has 0 aromatic carbocycles. The fraction of sp³-hybridized carbons (Fsp3) is 0.167. The molecule has 19 heavy (non-hydrogen) atoms. The normalized spacial score (nSPS) is 9.95. The van der Waals surface area contributed by atoms with E-state index in [0.29, 0.717) is 18.2 Å². The molecule has 0 saturated heterocycles. The van der Waals surface area contributed by atoms with Crippen LogP contribution in [0.25, 0.3) is 0 Å². The van der Waals surface area contributed by atoms with E-state index in [-0.39, 0.29) is 5.69 Å². The minimum Gasteiger partial charge on any atom is -0.481 e. The summed E-state index contributed by atoms with van der Waals surface area (Å²) in [5.41, 5.74) is 0.821. The molecule has 7 heteroatoms. The zero-order valence-corrected chi connectivity index (χ0v) is 10.2. The van der Waals surface area contributed by atoms with Crippen LogP contribution in [-0.2, 0) is 6.54 Å². The summed E-state index contributed by atoms with van der Waals surface area (Å²) in [7, 11) is 1.55. The Balaban J connectivity index is 2.01. The molecule has 0 spiro atoms. The number of aromatic carboxylic acids is 1. The fourth-order valence-electron chi connectivity index (χ4n) is 1.38. The summed E-state index contributed by atoms with van der Waals surface area (Å²) in [4.78, 5) is 22.5. The molecule has 2 N–H and O–H groups in total. The maximum atomic E-state index is 10.7. The SMILES string of the molecule is COc1ccc(CNc2cncc(C(=O)O)n2)cn1. The van der Waals surface area contributed by atoms with Crippen LogP contribution >= 0.6 is 0 Å². The summed E-state index contributed by atoms with van der Waals surface area (Å²) >= 11 is 0. The third-order valence-electron chi connectivity index (χ3n) is 2.33. The molecule has 7 nitrogen and oxygen atoms in total. The van der Waals surface area contributed by atoms with E-state index in [0.717, 1.165) is 5.56 Å². The number of ether oxygens (including phenoxy) is 1. The first kappa shape index (κ1) is 12.7. The van der Waals surface area contributed by atoms with Crippen molar-refractivity contribution in [2.24, 2.45) is 0 Å². The Labute approximate surface area is 109 Å². The quantitative estimate of drug-likeness (QED) is 0.833. The van der Waals surface area contributed by atoms with Crippen LogP contribution in [0, 0.1) is 0 Å². The molecular weight excluding hydrogens is 248 g/mol. The Morgan fingerprint density at radius 1 is 1.37 bits per heavy atom. The number of nitrogens with zero attached hydrogens (tertiary/aromatic N) is 3. The van der Waals surface area contributed by atoms with Crippen LogP contribution in [0.4, 0.5) is 5.82 Å². The van der Waals surface area contributed by atoms with Gasteiger partial charge in [-0.15, -0.1) is 0 Å². The lowest BCUT2D eigenvalue weighted by Gasteiger charge is -2.06. The number of hydrogen-bond donors (Lipinski definition) is 2. The van der Waals surface area contributed by atoms with E-state index < -0.39 is 5.97 Å². The van der Waals surface area contributed by atoms with Crippen molar-refractivity contribution in [3.63, 3.8) is 0 Å². The zero-order valence-electron chi connectivity index (χ0n) is 10.2. The minimum absolute atomic E-state index is 0.0992. The van der Waals surface area contributed by atoms with Gasteiger partial charge in [-0.3, -0.25) is 4.98 Å². The van der Waals surface area contributed by atoms with E-state index in [1.807, 2.05) is 6.07 Å². The van der Waals surface area contributed by atoms with E-state index in [1.165, 1.54) is 12.4 Å². The third kappa shape index (κ3) is 3.38. The maximum absolute atomic E-state index is 10.7. The van der Waals surface area contributed by atoms with Crippen molar-refractivity contribution in [1.82, 2.24) is 15.0 Å². The highest BCUT2D eigenvalue weighted by Gasteiger charge is 2.05. The molecule has 2 rings (SSSR count). The molecule has 0 saturated carbocycles. The van der Waals surface area contributed by atoms with Gasteiger partial charge in [0.1, 0.15) is 5.82 Å².